The van der Waals surface area contributed by atoms with Crippen molar-refractivity contribution in [2.24, 2.45) is 0 Å². The van der Waals surface area contributed by atoms with Crippen molar-refractivity contribution in [2.75, 3.05) is 5.32 Å². The topological polar surface area (TPSA) is 29.9 Å². The Hall–Kier alpha value is -1.59. The Balaban J connectivity index is 1.81. The first kappa shape index (κ1) is 14.4. The maximum atomic E-state index is 4.28. The first-order valence-electron chi connectivity index (χ1n) is 6.79. The van der Waals surface area contributed by atoms with Crippen molar-refractivity contribution in [3.05, 3.63) is 69.1 Å². The van der Waals surface area contributed by atoms with Crippen LogP contribution in [0.4, 0.5) is 5.69 Å². The predicted molar refractivity (Wildman–Crippen MR) is 91.8 cm³/mol. The first-order valence-corrected chi connectivity index (χ1v) is 8.46. The molecule has 0 fully saturated rings. The molecule has 1 unspecified atom stereocenters. The van der Waals surface area contributed by atoms with Gasteiger partial charge < -0.3 is 5.32 Å². The molecule has 5 heteroatoms. The Morgan fingerprint density at radius 2 is 2.14 bits per heavy atom. The Morgan fingerprint density at radius 3 is 2.86 bits per heavy atom. The number of para-hydroxylation sites is 1. The highest BCUT2D eigenvalue weighted by molar-refractivity contribution is 9.10. The van der Waals surface area contributed by atoms with Gasteiger partial charge in [0.1, 0.15) is 0 Å². The van der Waals surface area contributed by atoms with Crippen LogP contribution < -0.4 is 5.32 Å². The van der Waals surface area contributed by atoms with Gasteiger partial charge in [0.15, 0.2) is 0 Å². The molecule has 0 aliphatic heterocycles. The average molecular weight is 362 g/mol. The lowest BCUT2D eigenvalue weighted by Gasteiger charge is -2.18. The van der Waals surface area contributed by atoms with Crippen molar-refractivity contribution in [2.45, 2.75) is 19.5 Å². The molecule has 0 saturated heterocycles. The molecular weight excluding hydrogens is 346 g/mol. The monoisotopic (exact) mass is 361 g/mol. The zero-order valence-electron chi connectivity index (χ0n) is 11.7. The Bertz CT molecular complexity index is 706. The van der Waals surface area contributed by atoms with Crippen molar-refractivity contribution in [1.29, 1.82) is 0 Å². The maximum Gasteiger partial charge on any atom is 0.0679 e. The number of anilines is 1. The minimum Gasteiger partial charge on any atom is -0.377 e. The van der Waals surface area contributed by atoms with E-state index in [4.69, 9.17) is 0 Å². The quantitative estimate of drug-likeness (QED) is 0.698. The van der Waals surface area contributed by atoms with Crippen LogP contribution >= 0.6 is 27.3 Å². The number of hydrogen-bond donors (Lipinski definition) is 1. The first-order chi connectivity index (χ1) is 10.2. The summed E-state index contributed by atoms with van der Waals surface area (Å²) in [7, 11) is 0. The molecule has 1 aromatic carbocycles. The van der Waals surface area contributed by atoms with Crippen LogP contribution in [0.25, 0.3) is 0 Å². The fourth-order valence-corrected chi connectivity index (χ4v) is 4.01. The van der Waals surface area contributed by atoms with Crippen molar-refractivity contribution in [3.8, 4) is 0 Å². The molecule has 3 rings (SSSR count). The summed E-state index contributed by atoms with van der Waals surface area (Å²) in [5.74, 6) is 0. The fraction of sp³-hybridized carbons (Fsp3) is 0.188. The molecule has 21 heavy (non-hydrogen) atoms. The van der Waals surface area contributed by atoms with Gasteiger partial charge in [-0.2, -0.15) is 5.10 Å². The van der Waals surface area contributed by atoms with Crippen molar-refractivity contribution in [1.82, 2.24) is 9.78 Å². The van der Waals surface area contributed by atoms with Crippen molar-refractivity contribution < 1.29 is 0 Å². The molecule has 0 aliphatic rings. The van der Waals surface area contributed by atoms with Crippen LogP contribution in [-0.4, -0.2) is 9.78 Å². The molecule has 0 saturated carbocycles. The summed E-state index contributed by atoms with van der Waals surface area (Å²) >= 11 is 5.36. The van der Waals surface area contributed by atoms with Crippen LogP contribution in [0.15, 0.2) is 58.6 Å². The van der Waals surface area contributed by atoms with Gasteiger partial charge in [0.2, 0.25) is 0 Å². The van der Waals surface area contributed by atoms with E-state index < -0.39 is 0 Å². The lowest BCUT2D eigenvalue weighted by atomic mass is 10.1. The number of aromatic nitrogens is 2. The standard InChI is InChI=1S/C16H16BrN3S/c1-12(16-14(17)7-10-21-16)19-15-6-3-2-5-13(15)11-20-9-4-8-18-20/h2-10,12,19H,11H2,1H3. The van der Waals surface area contributed by atoms with Gasteiger partial charge in [-0.1, -0.05) is 18.2 Å². The molecule has 1 N–H and O–H groups in total. The number of benzene rings is 1. The molecule has 0 bridgehead atoms. The van der Waals surface area contributed by atoms with E-state index in [0.717, 1.165) is 16.7 Å². The summed E-state index contributed by atoms with van der Waals surface area (Å²) in [6.07, 6.45) is 3.79. The van der Waals surface area contributed by atoms with E-state index in [2.05, 4.69) is 69.0 Å². The number of nitrogens with one attached hydrogen (secondary N) is 1. The Kier molecular flexibility index (Phi) is 4.41. The van der Waals surface area contributed by atoms with Gasteiger partial charge >= 0.3 is 0 Å². The highest BCUT2D eigenvalue weighted by Crippen LogP contribution is 2.31. The van der Waals surface area contributed by atoms with Crippen LogP contribution in [0, 0.1) is 0 Å². The minimum atomic E-state index is 0.262. The second-order valence-electron chi connectivity index (χ2n) is 4.86. The largest absolute Gasteiger partial charge is 0.377 e. The smallest absolute Gasteiger partial charge is 0.0679 e. The lowest BCUT2D eigenvalue weighted by Crippen LogP contribution is -2.09. The molecule has 108 valence electrons. The summed E-state index contributed by atoms with van der Waals surface area (Å²) in [5, 5.41) is 9.99. The summed E-state index contributed by atoms with van der Waals surface area (Å²) in [5.41, 5.74) is 2.39. The van der Waals surface area contributed by atoms with Crippen LogP contribution in [0.3, 0.4) is 0 Å². The molecule has 0 radical (unpaired) electrons. The minimum absolute atomic E-state index is 0.262. The number of halogens is 1. The third kappa shape index (κ3) is 3.36. The van der Waals surface area contributed by atoms with Gasteiger partial charge in [0, 0.05) is 27.4 Å². The number of thiophene rings is 1. The van der Waals surface area contributed by atoms with E-state index in [1.807, 2.05) is 16.9 Å². The number of hydrogen-bond acceptors (Lipinski definition) is 3. The van der Waals surface area contributed by atoms with Crippen molar-refractivity contribution in [3.63, 3.8) is 0 Å². The van der Waals surface area contributed by atoms with Gasteiger partial charge in [-0.25, -0.2) is 0 Å². The Labute approximate surface area is 136 Å². The highest BCUT2D eigenvalue weighted by atomic mass is 79.9. The maximum absolute atomic E-state index is 4.28. The fourth-order valence-electron chi connectivity index (χ4n) is 2.28. The molecule has 0 aliphatic carbocycles. The molecule has 2 aromatic heterocycles. The highest BCUT2D eigenvalue weighted by Gasteiger charge is 2.12. The summed E-state index contributed by atoms with van der Waals surface area (Å²) in [6.45, 7) is 2.95. The third-order valence-corrected chi connectivity index (χ3v) is 5.37. The van der Waals surface area contributed by atoms with Crippen molar-refractivity contribution >= 4 is 33.0 Å². The zero-order chi connectivity index (χ0) is 14.7. The van der Waals surface area contributed by atoms with E-state index in [9.17, 15) is 0 Å². The molecule has 0 amide bonds. The van der Waals surface area contributed by atoms with Crippen LogP contribution in [0.5, 0.6) is 0 Å². The molecule has 3 nitrogen and oxygen atoms in total. The molecular formula is C16H16BrN3S. The lowest BCUT2D eigenvalue weighted by molar-refractivity contribution is 0.686. The molecule has 2 heterocycles. The second kappa shape index (κ2) is 6.45. The van der Waals surface area contributed by atoms with Crippen LogP contribution in [0.2, 0.25) is 0 Å². The zero-order valence-corrected chi connectivity index (χ0v) is 14.1. The van der Waals surface area contributed by atoms with E-state index in [-0.39, 0.29) is 6.04 Å². The number of rotatable bonds is 5. The predicted octanol–water partition coefficient (Wildman–Crippen LogP) is 4.93. The van der Waals surface area contributed by atoms with E-state index >= 15 is 0 Å². The molecule has 3 aromatic rings. The van der Waals surface area contributed by atoms with Gasteiger partial charge in [0.05, 0.1) is 12.6 Å². The van der Waals surface area contributed by atoms with E-state index in [0.29, 0.717) is 0 Å². The molecule has 0 spiro atoms. The average Bonchev–Trinajstić information content (AvgIpc) is 3.12. The summed E-state index contributed by atoms with van der Waals surface area (Å²) in [6, 6.07) is 12.7. The molecule has 1 atom stereocenters. The SMILES string of the molecule is CC(Nc1ccccc1Cn1cccn1)c1sccc1Br. The van der Waals surface area contributed by atoms with Gasteiger partial charge in [-0.15, -0.1) is 11.3 Å². The van der Waals surface area contributed by atoms with E-state index in [1.165, 1.54) is 10.4 Å². The van der Waals surface area contributed by atoms with Crippen LogP contribution in [0.1, 0.15) is 23.4 Å². The van der Waals surface area contributed by atoms with Gasteiger partial charge in [-0.05, 0) is 52.0 Å². The van der Waals surface area contributed by atoms with Gasteiger partial charge in [0.25, 0.3) is 0 Å². The van der Waals surface area contributed by atoms with Gasteiger partial charge in [-0.3, -0.25) is 4.68 Å². The number of nitrogens with zero attached hydrogens (tertiary/aromatic N) is 2. The van der Waals surface area contributed by atoms with E-state index in [1.54, 1.807) is 17.5 Å². The second-order valence-corrected chi connectivity index (χ2v) is 6.66. The Morgan fingerprint density at radius 1 is 1.29 bits per heavy atom. The summed E-state index contributed by atoms with van der Waals surface area (Å²) in [4.78, 5) is 1.31. The normalized spacial score (nSPS) is 12.3. The van der Waals surface area contributed by atoms with Crippen LogP contribution in [-0.2, 0) is 6.54 Å². The third-order valence-electron chi connectivity index (χ3n) is 3.32. The summed E-state index contributed by atoms with van der Waals surface area (Å²) < 4.78 is 3.10.